The summed E-state index contributed by atoms with van der Waals surface area (Å²) in [5.74, 6) is -0.417. The normalized spacial score (nSPS) is 16.0. The predicted octanol–water partition coefficient (Wildman–Crippen LogP) is 2.48. The smallest absolute Gasteiger partial charge is 0.311 e. The maximum absolute atomic E-state index is 12.3. The molecule has 3 rings (SSSR count). The van der Waals surface area contributed by atoms with Gasteiger partial charge in [-0.1, -0.05) is 12.1 Å². The highest BCUT2D eigenvalue weighted by atomic mass is 16.5. The van der Waals surface area contributed by atoms with E-state index in [0.29, 0.717) is 22.7 Å². The van der Waals surface area contributed by atoms with Gasteiger partial charge in [-0.3, -0.25) is 14.4 Å². The third kappa shape index (κ3) is 4.31. The number of carbonyl (C=O) groups excluding carboxylic acids is 3. The van der Waals surface area contributed by atoms with Crippen LogP contribution >= 0.6 is 0 Å². The summed E-state index contributed by atoms with van der Waals surface area (Å²) in [5.41, 5.74) is 1.09. The lowest BCUT2D eigenvalue weighted by Gasteiger charge is -2.16. The number of rotatable bonds is 7. The Morgan fingerprint density at radius 2 is 1.75 bits per heavy atom. The highest BCUT2D eigenvalue weighted by Gasteiger charge is 2.36. The average Bonchev–Trinajstić information content (AvgIpc) is 3.13. The molecule has 146 valence electrons. The topological polar surface area (TPSA) is 82.1 Å². The van der Waals surface area contributed by atoms with Crippen LogP contribution in [0, 0.1) is 5.92 Å². The maximum atomic E-state index is 12.3. The van der Waals surface area contributed by atoms with Crippen LogP contribution in [0.4, 0.5) is 5.69 Å². The number of nitrogens with zero attached hydrogens (tertiary/aromatic N) is 1. The van der Waals surface area contributed by atoms with E-state index < -0.39 is 11.9 Å². The van der Waals surface area contributed by atoms with Gasteiger partial charge in [-0.05, 0) is 36.4 Å². The van der Waals surface area contributed by atoms with Gasteiger partial charge in [-0.15, -0.1) is 0 Å². The maximum Gasteiger partial charge on any atom is 0.311 e. The monoisotopic (exact) mass is 383 g/mol. The molecular weight excluding hydrogens is 362 g/mol. The molecule has 2 aromatic rings. The summed E-state index contributed by atoms with van der Waals surface area (Å²) in [6, 6.07) is 13.6. The molecule has 0 aromatic heterocycles. The van der Waals surface area contributed by atoms with Crippen molar-refractivity contribution >= 4 is 23.3 Å². The number of amides is 1. The Bertz CT molecular complexity index is 877. The van der Waals surface area contributed by atoms with Gasteiger partial charge in [0.1, 0.15) is 11.5 Å². The summed E-state index contributed by atoms with van der Waals surface area (Å²) in [5, 5.41) is 0. The summed E-state index contributed by atoms with van der Waals surface area (Å²) >= 11 is 0. The Morgan fingerprint density at radius 1 is 1.04 bits per heavy atom. The number of benzene rings is 2. The standard InChI is InChI=1S/C21H21NO6/c1-26-17-8-6-16(7-9-17)22-12-15(11-20(22)24)21(25)28-13-19(23)14-4-3-5-18(10-14)27-2/h3-10,15H,11-13H2,1-2H3/t15-/m0/s1. The largest absolute Gasteiger partial charge is 0.497 e. The number of hydrogen-bond donors (Lipinski definition) is 0. The van der Waals surface area contributed by atoms with Crippen LogP contribution in [0.5, 0.6) is 11.5 Å². The number of anilines is 1. The summed E-state index contributed by atoms with van der Waals surface area (Å²) in [4.78, 5) is 38.4. The fourth-order valence-corrected chi connectivity index (χ4v) is 3.01. The van der Waals surface area contributed by atoms with E-state index in [-0.39, 0.29) is 31.3 Å². The lowest BCUT2D eigenvalue weighted by molar-refractivity contribution is -0.147. The summed E-state index contributed by atoms with van der Waals surface area (Å²) < 4.78 is 15.3. The molecule has 7 nitrogen and oxygen atoms in total. The van der Waals surface area contributed by atoms with Gasteiger partial charge in [-0.2, -0.15) is 0 Å². The van der Waals surface area contributed by atoms with Gasteiger partial charge in [0.15, 0.2) is 12.4 Å². The van der Waals surface area contributed by atoms with Crippen LogP contribution in [0.1, 0.15) is 16.8 Å². The zero-order valence-electron chi connectivity index (χ0n) is 15.7. The summed E-state index contributed by atoms with van der Waals surface area (Å²) in [6.07, 6.45) is 0.0538. The first kappa shape index (κ1) is 19.4. The fourth-order valence-electron chi connectivity index (χ4n) is 3.01. The van der Waals surface area contributed by atoms with Gasteiger partial charge >= 0.3 is 5.97 Å². The Hall–Kier alpha value is -3.35. The third-order valence-corrected chi connectivity index (χ3v) is 4.58. The minimum Gasteiger partial charge on any atom is -0.497 e. The minimum absolute atomic E-state index is 0.0538. The van der Waals surface area contributed by atoms with Gasteiger partial charge in [0.2, 0.25) is 5.91 Å². The van der Waals surface area contributed by atoms with E-state index in [0.717, 1.165) is 0 Å². The SMILES string of the molecule is COc1ccc(N2C[C@@H](C(=O)OCC(=O)c3cccc(OC)c3)CC2=O)cc1. The van der Waals surface area contributed by atoms with Crippen molar-refractivity contribution in [2.45, 2.75) is 6.42 Å². The van der Waals surface area contributed by atoms with Crippen molar-refractivity contribution in [3.05, 3.63) is 54.1 Å². The molecule has 0 aliphatic carbocycles. The van der Waals surface area contributed by atoms with Crippen molar-refractivity contribution in [3.63, 3.8) is 0 Å². The van der Waals surface area contributed by atoms with E-state index in [9.17, 15) is 14.4 Å². The van der Waals surface area contributed by atoms with Crippen molar-refractivity contribution in [3.8, 4) is 11.5 Å². The number of ether oxygens (including phenoxy) is 3. The van der Waals surface area contributed by atoms with Crippen molar-refractivity contribution < 1.29 is 28.6 Å². The highest BCUT2D eigenvalue weighted by molar-refractivity contribution is 6.01. The number of esters is 1. The van der Waals surface area contributed by atoms with Crippen molar-refractivity contribution in [1.82, 2.24) is 0 Å². The van der Waals surface area contributed by atoms with Crippen molar-refractivity contribution in [2.24, 2.45) is 5.92 Å². The van der Waals surface area contributed by atoms with Crippen LogP contribution in [0.2, 0.25) is 0 Å². The molecule has 28 heavy (non-hydrogen) atoms. The average molecular weight is 383 g/mol. The zero-order valence-corrected chi connectivity index (χ0v) is 15.7. The van der Waals surface area contributed by atoms with Crippen molar-refractivity contribution in [2.75, 3.05) is 32.3 Å². The molecule has 0 radical (unpaired) electrons. The molecule has 1 aliphatic heterocycles. The van der Waals surface area contributed by atoms with E-state index in [4.69, 9.17) is 14.2 Å². The Labute approximate surface area is 162 Å². The molecule has 1 fully saturated rings. The van der Waals surface area contributed by atoms with Gasteiger partial charge < -0.3 is 19.1 Å². The van der Waals surface area contributed by atoms with E-state index in [1.54, 1.807) is 55.6 Å². The zero-order chi connectivity index (χ0) is 20.1. The molecule has 0 bridgehead atoms. The molecule has 0 spiro atoms. The van der Waals surface area contributed by atoms with Crippen LogP contribution in [-0.4, -0.2) is 45.0 Å². The molecule has 0 saturated carbocycles. The first-order valence-corrected chi connectivity index (χ1v) is 8.80. The quantitative estimate of drug-likeness (QED) is 0.540. The van der Waals surface area contributed by atoms with Gasteiger partial charge in [0, 0.05) is 24.2 Å². The number of carbonyl (C=O) groups is 3. The van der Waals surface area contributed by atoms with Gasteiger partial charge in [0.05, 0.1) is 20.1 Å². The number of methoxy groups -OCH3 is 2. The number of ketones is 1. The molecule has 1 heterocycles. The third-order valence-electron chi connectivity index (χ3n) is 4.58. The van der Waals surface area contributed by atoms with Crippen LogP contribution in [0.25, 0.3) is 0 Å². The molecule has 0 unspecified atom stereocenters. The molecule has 1 amide bonds. The molecule has 7 heteroatoms. The van der Waals surface area contributed by atoms with Crippen LogP contribution in [0.3, 0.4) is 0 Å². The van der Waals surface area contributed by atoms with Gasteiger partial charge in [-0.25, -0.2) is 0 Å². The molecule has 1 saturated heterocycles. The van der Waals surface area contributed by atoms with Gasteiger partial charge in [0.25, 0.3) is 0 Å². The van der Waals surface area contributed by atoms with E-state index in [1.165, 1.54) is 12.0 Å². The molecular formula is C21H21NO6. The second-order valence-electron chi connectivity index (χ2n) is 6.37. The molecule has 2 aromatic carbocycles. The van der Waals surface area contributed by atoms with E-state index >= 15 is 0 Å². The lowest BCUT2D eigenvalue weighted by Crippen LogP contribution is -2.27. The molecule has 0 N–H and O–H groups in total. The van der Waals surface area contributed by atoms with Crippen LogP contribution < -0.4 is 14.4 Å². The summed E-state index contributed by atoms with van der Waals surface area (Å²) in [6.45, 7) is -0.156. The Kier molecular flexibility index (Phi) is 5.93. The van der Waals surface area contributed by atoms with Crippen LogP contribution in [0.15, 0.2) is 48.5 Å². The predicted molar refractivity (Wildman–Crippen MR) is 102 cm³/mol. The first-order chi connectivity index (χ1) is 13.5. The lowest BCUT2D eigenvalue weighted by atomic mass is 10.1. The second-order valence-corrected chi connectivity index (χ2v) is 6.37. The van der Waals surface area contributed by atoms with E-state index in [2.05, 4.69) is 0 Å². The van der Waals surface area contributed by atoms with Crippen molar-refractivity contribution in [1.29, 1.82) is 0 Å². The Balaban J connectivity index is 1.57. The first-order valence-electron chi connectivity index (χ1n) is 8.80. The highest BCUT2D eigenvalue weighted by Crippen LogP contribution is 2.27. The molecule has 1 atom stereocenters. The molecule has 1 aliphatic rings. The summed E-state index contributed by atoms with van der Waals surface area (Å²) in [7, 11) is 3.07. The number of hydrogen-bond acceptors (Lipinski definition) is 6. The minimum atomic E-state index is -0.604. The number of Topliss-reactive ketones (excluding diaryl/α,β-unsaturated/α-hetero) is 1. The fraction of sp³-hybridized carbons (Fsp3) is 0.286. The second kappa shape index (κ2) is 8.56. The van der Waals surface area contributed by atoms with Crippen LogP contribution in [-0.2, 0) is 14.3 Å². The Morgan fingerprint density at radius 3 is 2.43 bits per heavy atom. The van der Waals surface area contributed by atoms with E-state index in [1.807, 2.05) is 0 Å².